The van der Waals surface area contributed by atoms with Crippen molar-refractivity contribution < 1.29 is 4.79 Å². The molecule has 110 valence electrons. The molecule has 2 aliphatic heterocycles. The molecule has 2 saturated heterocycles. The second-order valence-electron chi connectivity index (χ2n) is 6.87. The molecule has 19 heavy (non-hydrogen) atoms. The smallest absolute Gasteiger partial charge is 0.230 e. The monoisotopic (exact) mass is 267 g/mol. The van der Waals surface area contributed by atoms with Crippen LogP contribution in [0.5, 0.6) is 0 Å². The average Bonchev–Trinajstić information content (AvgIpc) is 2.41. The first-order valence-corrected chi connectivity index (χ1v) is 7.63. The van der Waals surface area contributed by atoms with Crippen LogP contribution in [0, 0.1) is 5.41 Å². The summed E-state index contributed by atoms with van der Waals surface area (Å²) in [5.74, 6) is 0.378. The maximum absolute atomic E-state index is 13.0. The van der Waals surface area contributed by atoms with E-state index in [1.54, 1.807) is 0 Å². The Balaban J connectivity index is 2.10. The fourth-order valence-electron chi connectivity index (χ4n) is 3.35. The third kappa shape index (κ3) is 2.79. The van der Waals surface area contributed by atoms with E-state index >= 15 is 0 Å². The van der Waals surface area contributed by atoms with Crippen molar-refractivity contribution in [3.63, 3.8) is 0 Å². The van der Waals surface area contributed by atoms with Crippen LogP contribution >= 0.6 is 0 Å². The van der Waals surface area contributed by atoms with Crippen LogP contribution in [0.1, 0.15) is 40.0 Å². The summed E-state index contributed by atoms with van der Waals surface area (Å²) in [4.78, 5) is 17.4. The molecule has 2 aliphatic rings. The van der Waals surface area contributed by atoms with Gasteiger partial charge in [0.1, 0.15) is 0 Å². The van der Waals surface area contributed by atoms with E-state index in [4.69, 9.17) is 0 Å². The highest BCUT2D eigenvalue weighted by Gasteiger charge is 2.43. The van der Waals surface area contributed by atoms with Gasteiger partial charge in [0.2, 0.25) is 5.91 Å². The molecule has 0 aromatic heterocycles. The van der Waals surface area contributed by atoms with Crippen molar-refractivity contribution in [3.8, 4) is 0 Å². The fourth-order valence-corrected chi connectivity index (χ4v) is 3.35. The first-order chi connectivity index (χ1) is 8.91. The minimum atomic E-state index is -0.149. The van der Waals surface area contributed by atoms with E-state index in [1.165, 1.54) is 0 Å². The molecule has 0 bridgehead atoms. The summed E-state index contributed by atoms with van der Waals surface area (Å²) in [6.45, 7) is 11.2. The molecule has 0 aliphatic carbocycles. The number of carbonyl (C=O) groups excluding carboxylic acids is 1. The number of nitrogens with one attached hydrogen (secondary N) is 1. The Hall–Kier alpha value is -0.610. The normalized spacial score (nSPS) is 32.3. The zero-order chi connectivity index (χ0) is 14.1. The van der Waals surface area contributed by atoms with Crippen molar-refractivity contribution in [1.29, 1.82) is 0 Å². The highest BCUT2D eigenvalue weighted by atomic mass is 16.2. The van der Waals surface area contributed by atoms with Crippen molar-refractivity contribution in [2.75, 3.05) is 39.8 Å². The van der Waals surface area contributed by atoms with Gasteiger partial charge in [0.15, 0.2) is 0 Å². The predicted molar refractivity (Wildman–Crippen MR) is 78.1 cm³/mol. The van der Waals surface area contributed by atoms with Crippen LogP contribution in [0.3, 0.4) is 0 Å². The Labute approximate surface area is 117 Å². The van der Waals surface area contributed by atoms with Gasteiger partial charge < -0.3 is 10.2 Å². The number of carbonyl (C=O) groups is 1. The zero-order valence-corrected chi connectivity index (χ0v) is 13.0. The number of hydrogen-bond acceptors (Lipinski definition) is 3. The van der Waals surface area contributed by atoms with Gasteiger partial charge in [0.05, 0.1) is 5.41 Å². The largest absolute Gasteiger partial charge is 0.339 e. The fraction of sp³-hybridized carbons (Fsp3) is 0.933. The lowest BCUT2D eigenvalue weighted by Crippen LogP contribution is -2.62. The van der Waals surface area contributed by atoms with Gasteiger partial charge in [0.25, 0.3) is 0 Å². The van der Waals surface area contributed by atoms with E-state index < -0.39 is 0 Å². The molecular weight excluding hydrogens is 238 g/mol. The number of piperidine rings is 1. The van der Waals surface area contributed by atoms with Gasteiger partial charge >= 0.3 is 0 Å². The molecule has 2 heterocycles. The first-order valence-electron chi connectivity index (χ1n) is 7.63. The molecule has 1 N–H and O–H groups in total. The topological polar surface area (TPSA) is 35.6 Å². The van der Waals surface area contributed by atoms with E-state index in [-0.39, 0.29) is 11.0 Å². The number of nitrogens with zero attached hydrogens (tertiary/aromatic N) is 2. The molecule has 0 spiro atoms. The van der Waals surface area contributed by atoms with E-state index in [9.17, 15) is 4.79 Å². The molecule has 1 amide bonds. The molecular formula is C15H29N3O. The summed E-state index contributed by atoms with van der Waals surface area (Å²) in [6, 6.07) is 0. The Kier molecular flexibility index (Phi) is 4.21. The van der Waals surface area contributed by atoms with Crippen LogP contribution in [0.4, 0.5) is 0 Å². The lowest BCUT2D eigenvalue weighted by atomic mass is 9.76. The summed E-state index contributed by atoms with van der Waals surface area (Å²) in [7, 11) is 2.15. The van der Waals surface area contributed by atoms with Crippen LogP contribution in [-0.4, -0.2) is 61.0 Å². The van der Waals surface area contributed by atoms with Gasteiger partial charge in [-0.05, 0) is 46.7 Å². The van der Waals surface area contributed by atoms with Gasteiger partial charge in [0, 0.05) is 31.7 Å². The zero-order valence-electron chi connectivity index (χ0n) is 13.0. The Morgan fingerprint density at radius 2 is 2.05 bits per heavy atom. The third-order valence-electron chi connectivity index (χ3n) is 5.21. The maximum Gasteiger partial charge on any atom is 0.230 e. The summed E-state index contributed by atoms with van der Waals surface area (Å²) in [5.41, 5.74) is -0.0603. The second-order valence-corrected chi connectivity index (χ2v) is 6.87. The van der Waals surface area contributed by atoms with E-state index in [0.717, 1.165) is 52.0 Å². The van der Waals surface area contributed by atoms with Crippen LogP contribution in [0.25, 0.3) is 0 Å². The van der Waals surface area contributed by atoms with Gasteiger partial charge in [-0.15, -0.1) is 0 Å². The number of piperazine rings is 1. The third-order valence-corrected chi connectivity index (χ3v) is 5.21. The molecule has 1 atom stereocenters. The summed E-state index contributed by atoms with van der Waals surface area (Å²) >= 11 is 0. The van der Waals surface area contributed by atoms with Gasteiger partial charge in [-0.25, -0.2) is 0 Å². The molecule has 0 aromatic rings. The Morgan fingerprint density at radius 3 is 2.58 bits per heavy atom. The predicted octanol–water partition coefficient (Wildman–Crippen LogP) is 1.32. The van der Waals surface area contributed by atoms with Crippen molar-refractivity contribution >= 4 is 5.91 Å². The standard InChI is InChI=1S/C15H29N3O/c1-5-15(7-6-8-16-11-15)13(19)18-10-9-17(4)14(2,3)12-18/h16H,5-12H2,1-4H3. The minimum absolute atomic E-state index is 0.0882. The van der Waals surface area contributed by atoms with Crippen molar-refractivity contribution in [2.45, 2.75) is 45.6 Å². The molecule has 0 radical (unpaired) electrons. The lowest BCUT2D eigenvalue weighted by Gasteiger charge is -2.48. The number of likely N-dealkylation sites (N-methyl/N-ethyl adjacent to an activating group) is 1. The first kappa shape index (κ1) is 14.8. The van der Waals surface area contributed by atoms with Gasteiger partial charge in [-0.3, -0.25) is 9.69 Å². The van der Waals surface area contributed by atoms with Crippen molar-refractivity contribution in [3.05, 3.63) is 0 Å². The highest BCUT2D eigenvalue weighted by molar-refractivity contribution is 5.83. The molecule has 4 nitrogen and oxygen atoms in total. The van der Waals surface area contributed by atoms with Crippen molar-refractivity contribution in [1.82, 2.24) is 15.1 Å². The number of amides is 1. The average molecular weight is 267 g/mol. The molecule has 2 rings (SSSR count). The van der Waals surface area contributed by atoms with E-state index in [1.807, 2.05) is 0 Å². The lowest BCUT2D eigenvalue weighted by molar-refractivity contribution is -0.148. The summed E-state index contributed by atoms with van der Waals surface area (Å²) in [5, 5.41) is 3.42. The Morgan fingerprint density at radius 1 is 1.32 bits per heavy atom. The van der Waals surface area contributed by atoms with Crippen LogP contribution in [0.2, 0.25) is 0 Å². The Bertz CT molecular complexity index is 334. The van der Waals surface area contributed by atoms with Gasteiger partial charge in [-0.1, -0.05) is 6.92 Å². The molecule has 0 saturated carbocycles. The van der Waals surface area contributed by atoms with Crippen molar-refractivity contribution in [2.24, 2.45) is 5.41 Å². The van der Waals surface area contributed by atoms with Gasteiger partial charge in [-0.2, -0.15) is 0 Å². The van der Waals surface area contributed by atoms with Crippen LogP contribution in [0.15, 0.2) is 0 Å². The summed E-state index contributed by atoms with van der Waals surface area (Å²) < 4.78 is 0. The highest BCUT2D eigenvalue weighted by Crippen LogP contribution is 2.33. The maximum atomic E-state index is 13.0. The molecule has 2 fully saturated rings. The van der Waals surface area contributed by atoms with E-state index in [0.29, 0.717) is 5.91 Å². The minimum Gasteiger partial charge on any atom is -0.339 e. The van der Waals surface area contributed by atoms with Crippen LogP contribution < -0.4 is 5.32 Å². The number of hydrogen-bond donors (Lipinski definition) is 1. The molecule has 0 aromatic carbocycles. The molecule has 1 unspecified atom stereocenters. The van der Waals surface area contributed by atoms with Crippen LogP contribution in [-0.2, 0) is 4.79 Å². The summed E-state index contributed by atoms with van der Waals surface area (Å²) in [6.07, 6.45) is 3.12. The second kappa shape index (κ2) is 5.41. The molecule has 4 heteroatoms. The number of rotatable bonds is 2. The quantitative estimate of drug-likeness (QED) is 0.819. The van der Waals surface area contributed by atoms with E-state index in [2.05, 4.69) is 42.9 Å². The SMILES string of the molecule is CCC1(C(=O)N2CCN(C)C(C)(C)C2)CCCNC1.